The van der Waals surface area contributed by atoms with E-state index in [-0.39, 0.29) is 34.8 Å². The molecule has 1 atom stereocenters. The van der Waals surface area contributed by atoms with Gasteiger partial charge in [-0.05, 0) is 43.4 Å². The minimum atomic E-state index is -0.214. The second kappa shape index (κ2) is 7.95. The maximum absolute atomic E-state index is 12.8. The van der Waals surface area contributed by atoms with Crippen molar-refractivity contribution < 1.29 is 9.21 Å². The summed E-state index contributed by atoms with van der Waals surface area (Å²) >= 11 is 0. The van der Waals surface area contributed by atoms with Gasteiger partial charge in [0.2, 0.25) is 5.89 Å². The summed E-state index contributed by atoms with van der Waals surface area (Å²) < 4.78 is 7.02. The van der Waals surface area contributed by atoms with Crippen LogP contribution < -0.4 is 5.32 Å². The zero-order chi connectivity index (χ0) is 22.2. The van der Waals surface area contributed by atoms with Crippen LogP contribution in [0.15, 0.2) is 35.1 Å². The summed E-state index contributed by atoms with van der Waals surface area (Å²) in [5.74, 6) is 0.412. The van der Waals surface area contributed by atoms with E-state index in [2.05, 4.69) is 27.5 Å². The summed E-state index contributed by atoms with van der Waals surface area (Å²) in [6.07, 6.45) is 5.14. The van der Waals surface area contributed by atoms with Crippen LogP contribution in [0.5, 0.6) is 0 Å². The van der Waals surface area contributed by atoms with Crippen LogP contribution in [0.1, 0.15) is 52.9 Å². The molecule has 1 N–H and O–H groups in total. The Morgan fingerprint density at radius 3 is 2.78 bits per heavy atom. The van der Waals surface area contributed by atoms with E-state index in [9.17, 15) is 15.3 Å². The Hall–Kier alpha value is -3.95. The minimum absolute atomic E-state index is 0.0972. The molecule has 2 aromatic heterocycles. The van der Waals surface area contributed by atoms with Crippen LogP contribution in [-0.4, -0.2) is 51.2 Å². The summed E-state index contributed by atoms with van der Waals surface area (Å²) in [5.41, 5.74) is 2.88. The first-order valence-electron chi connectivity index (χ1n) is 10.6. The number of hydrogen-bond donors (Lipinski definition) is 1. The number of benzene rings is 1. The Morgan fingerprint density at radius 1 is 1.25 bits per heavy atom. The van der Waals surface area contributed by atoms with Crippen molar-refractivity contribution >= 4 is 5.91 Å². The zero-order valence-electron chi connectivity index (χ0n) is 17.6. The summed E-state index contributed by atoms with van der Waals surface area (Å²) in [6, 6.07) is 10.3. The largest absolute Gasteiger partial charge is 0.442 e. The lowest BCUT2D eigenvalue weighted by atomic mass is 10.1. The number of rotatable bonds is 4. The lowest BCUT2D eigenvalue weighted by molar-refractivity contribution is 0.0703. The Balaban J connectivity index is 1.45. The summed E-state index contributed by atoms with van der Waals surface area (Å²) in [4.78, 5) is 18.8. The van der Waals surface area contributed by atoms with Gasteiger partial charge in [-0.1, -0.05) is 6.07 Å². The summed E-state index contributed by atoms with van der Waals surface area (Å²) in [6.45, 7) is 3.93. The standard InChI is InChI=1S/C23H21N7O2/c1-14-11-29(7-6-26-14)23(31)19-13-32-22(27-19)21-18(10-25)12-30(28-21)20-5-4-16(15-2-3-15)8-17(20)9-24/h4-5,8,12-15,26H,2-3,6-7,11H2,1H3/t14-/m0/s1. The molecular weight excluding hydrogens is 406 g/mol. The Bertz CT molecular complexity index is 1270. The molecule has 1 aromatic carbocycles. The fourth-order valence-electron chi connectivity index (χ4n) is 4.01. The molecule has 2 aliphatic rings. The fourth-order valence-corrected chi connectivity index (χ4v) is 4.01. The molecule has 1 amide bonds. The van der Waals surface area contributed by atoms with Crippen LogP contribution in [0.2, 0.25) is 0 Å². The van der Waals surface area contributed by atoms with Crippen molar-refractivity contribution in [2.45, 2.75) is 31.7 Å². The van der Waals surface area contributed by atoms with Gasteiger partial charge < -0.3 is 14.6 Å². The molecular formula is C23H21N7O2. The average molecular weight is 427 g/mol. The van der Waals surface area contributed by atoms with E-state index in [1.807, 2.05) is 25.1 Å². The Morgan fingerprint density at radius 2 is 2.06 bits per heavy atom. The van der Waals surface area contributed by atoms with E-state index in [0.29, 0.717) is 30.3 Å². The van der Waals surface area contributed by atoms with Crippen molar-refractivity contribution in [3.8, 4) is 29.4 Å². The third-order valence-electron chi connectivity index (χ3n) is 5.85. The van der Waals surface area contributed by atoms with E-state index in [1.54, 1.807) is 11.1 Å². The zero-order valence-corrected chi connectivity index (χ0v) is 17.6. The van der Waals surface area contributed by atoms with Gasteiger partial charge in [0, 0.05) is 31.9 Å². The third kappa shape index (κ3) is 3.64. The van der Waals surface area contributed by atoms with E-state index in [0.717, 1.165) is 24.9 Å². The highest BCUT2D eigenvalue weighted by Crippen LogP contribution is 2.40. The SMILES string of the molecule is C[C@H]1CN(C(=O)c2coc(-c3nn(-c4ccc(C5CC5)cc4C#N)cc3C#N)n2)CCN1. The predicted octanol–water partition coefficient (Wildman–Crippen LogP) is 2.58. The maximum atomic E-state index is 12.8. The number of piperazine rings is 1. The van der Waals surface area contributed by atoms with Crippen LogP contribution in [0.3, 0.4) is 0 Å². The van der Waals surface area contributed by atoms with Gasteiger partial charge in [-0.3, -0.25) is 4.79 Å². The normalized spacial score (nSPS) is 18.2. The van der Waals surface area contributed by atoms with Crippen LogP contribution in [-0.2, 0) is 0 Å². The molecule has 1 aliphatic heterocycles. The van der Waals surface area contributed by atoms with Crippen LogP contribution >= 0.6 is 0 Å². The Labute approximate surface area is 184 Å². The smallest absolute Gasteiger partial charge is 0.275 e. The first-order valence-corrected chi connectivity index (χ1v) is 10.6. The van der Waals surface area contributed by atoms with E-state index >= 15 is 0 Å². The van der Waals surface area contributed by atoms with Crippen molar-refractivity contribution in [1.29, 1.82) is 10.5 Å². The van der Waals surface area contributed by atoms with E-state index < -0.39 is 0 Å². The molecule has 1 saturated heterocycles. The Kier molecular flexibility index (Phi) is 4.96. The number of aromatic nitrogens is 3. The molecule has 1 aliphatic carbocycles. The van der Waals surface area contributed by atoms with Gasteiger partial charge in [0.1, 0.15) is 24.0 Å². The first-order chi connectivity index (χ1) is 15.6. The molecule has 1 saturated carbocycles. The molecule has 9 heteroatoms. The molecule has 2 fully saturated rings. The van der Waals surface area contributed by atoms with Gasteiger partial charge in [0.25, 0.3) is 5.91 Å². The highest BCUT2D eigenvalue weighted by atomic mass is 16.3. The molecule has 0 radical (unpaired) electrons. The number of amides is 1. The topological polar surface area (TPSA) is 124 Å². The number of nitrogens with one attached hydrogen (secondary N) is 1. The maximum Gasteiger partial charge on any atom is 0.275 e. The highest BCUT2D eigenvalue weighted by Gasteiger charge is 2.27. The van der Waals surface area contributed by atoms with Crippen molar-refractivity contribution in [3.05, 3.63) is 53.0 Å². The molecule has 160 valence electrons. The third-order valence-corrected chi connectivity index (χ3v) is 5.85. The average Bonchev–Trinajstić information content (AvgIpc) is 3.39. The molecule has 3 heterocycles. The second-order valence-electron chi connectivity index (χ2n) is 8.25. The van der Waals surface area contributed by atoms with E-state index in [4.69, 9.17) is 4.42 Å². The van der Waals surface area contributed by atoms with Gasteiger partial charge in [-0.2, -0.15) is 15.6 Å². The number of hydrogen-bond acceptors (Lipinski definition) is 7. The van der Waals surface area contributed by atoms with Gasteiger partial charge in [0.15, 0.2) is 11.4 Å². The van der Waals surface area contributed by atoms with Crippen LogP contribution in [0.4, 0.5) is 0 Å². The molecule has 0 unspecified atom stereocenters. The van der Waals surface area contributed by atoms with Crippen molar-refractivity contribution in [3.63, 3.8) is 0 Å². The number of nitriles is 2. The number of nitrogens with zero attached hydrogens (tertiary/aromatic N) is 6. The monoisotopic (exact) mass is 427 g/mol. The summed E-state index contributed by atoms with van der Waals surface area (Å²) in [7, 11) is 0. The van der Waals surface area contributed by atoms with E-state index in [1.165, 1.54) is 10.9 Å². The predicted molar refractivity (Wildman–Crippen MR) is 114 cm³/mol. The van der Waals surface area contributed by atoms with Gasteiger partial charge in [-0.25, -0.2) is 9.67 Å². The van der Waals surface area contributed by atoms with Crippen molar-refractivity contribution in [1.82, 2.24) is 25.0 Å². The van der Waals surface area contributed by atoms with Gasteiger partial charge in [-0.15, -0.1) is 0 Å². The molecule has 32 heavy (non-hydrogen) atoms. The molecule has 3 aromatic rings. The number of carbonyl (C=O) groups is 1. The second-order valence-corrected chi connectivity index (χ2v) is 8.25. The van der Waals surface area contributed by atoms with Crippen LogP contribution in [0, 0.1) is 22.7 Å². The lowest BCUT2D eigenvalue weighted by Crippen LogP contribution is -2.51. The molecule has 5 rings (SSSR count). The molecule has 9 nitrogen and oxygen atoms in total. The highest BCUT2D eigenvalue weighted by molar-refractivity contribution is 5.92. The number of oxazole rings is 1. The fraction of sp³-hybridized carbons (Fsp3) is 0.348. The minimum Gasteiger partial charge on any atom is -0.442 e. The first kappa shape index (κ1) is 20.0. The molecule has 0 bridgehead atoms. The van der Waals surface area contributed by atoms with Crippen LogP contribution in [0.25, 0.3) is 17.3 Å². The van der Waals surface area contributed by atoms with Gasteiger partial charge >= 0.3 is 0 Å². The van der Waals surface area contributed by atoms with Crippen molar-refractivity contribution in [2.24, 2.45) is 0 Å². The molecule has 0 spiro atoms. The lowest BCUT2D eigenvalue weighted by Gasteiger charge is -2.31. The van der Waals surface area contributed by atoms with Gasteiger partial charge in [0.05, 0.1) is 11.3 Å². The van der Waals surface area contributed by atoms with Crippen molar-refractivity contribution in [2.75, 3.05) is 19.6 Å². The quantitative estimate of drug-likeness (QED) is 0.678. The summed E-state index contributed by atoms with van der Waals surface area (Å²) in [5, 5.41) is 27.0. The number of carbonyl (C=O) groups excluding carboxylic acids is 1.